The number of Topliss-reactive ketones (excluding diaryl/α,β-unsaturated/α-hetero) is 2. The molecule has 1 fully saturated rings. The van der Waals surface area contributed by atoms with Crippen LogP contribution in [0.3, 0.4) is 0 Å². The fourth-order valence-electron chi connectivity index (χ4n) is 4.02. The van der Waals surface area contributed by atoms with Gasteiger partial charge in [-0.15, -0.1) is 0 Å². The number of piperidine rings is 1. The van der Waals surface area contributed by atoms with Gasteiger partial charge in [-0.05, 0) is 12.0 Å². The van der Waals surface area contributed by atoms with Crippen molar-refractivity contribution in [3.05, 3.63) is 71.8 Å². The zero-order valence-corrected chi connectivity index (χ0v) is 17.6. The normalized spacial score (nSPS) is 23.0. The molecule has 2 aromatic carbocycles. The summed E-state index contributed by atoms with van der Waals surface area (Å²) >= 11 is 0. The molecule has 0 saturated carbocycles. The number of aliphatic hydroxyl groups is 1. The quantitative estimate of drug-likeness (QED) is 0.751. The van der Waals surface area contributed by atoms with Crippen LogP contribution in [0.15, 0.2) is 60.7 Å². The highest BCUT2D eigenvalue weighted by Gasteiger charge is 2.48. The van der Waals surface area contributed by atoms with Crippen LogP contribution in [0.4, 0.5) is 0 Å². The van der Waals surface area contributed by atoms with Crippen LogP contribution in [0.25, 0.3) is 0 Å². The average molecular weight is 394 g/mol. The highest BCUT2D eigenvalue weighted by atomic mass is 16.3. The maximum Gasteiger partial charge on any atom is 0.195 e. The number of carbonyl (C=O) groups is 2. The van der Waals surface area contributed by atoms with Crippen molar-refractivity contribution in [1.29, 1.82) is 0 Å². The Morgan fingerprint density at radius 1 is 1.03 bits per heavy atom. The maximum atomic E-state index is 13.3. The zero-order valence-electron chi connectivity index (χ0n) is 17.6. The fraction of sp³-hybridized carbons (Fsp3) is 0.440. The third-order valence-electron chi connectivity index (χ3n) is 5.95. The van der Waals surface area contributed by atoms with E-state index in [1.165, 1.54) is 0 Å². The summed E-state index contributed by atoms with van der Waals surface area (Å²) in [7, 11) is 0. The van der Waals surface area contributed by atoms with Crippen LogP contribution in [0.5, 0.6) is 0 Å². The van der Waals surface area contributed by atoms with E-state index in [2.05, 4.69) is 4.90 Å². The minimum Gasteiger partial charge on any atom is -0.381 e. The lowest BCUT2D eigenvalue weighted by Gasteiger charge is -2.44. The van der Waals surface area contributed by atoms with Gasteiger partial charge in [-0.3, -0.25) is 9.59 Å². The number of rotatable bonds is 6. The first-order valence-electron chi connectivity index (χ1n) is 10.3. The summed E-state index contributed by atoms with van der Waals surface area (Å²) in [5, 5.41) is 11.6. The van der Waals surface area contributed by atoms with Crippen molar-refractivity contribution in [1.82, 2.24) is 4.90 Å². The van der Waals surface area contributed by atoms with Crippen molar-refractivity contribution >= 4 is 11.6 Å². The van der Waals surface area contributed by atoms with Gasteiger partial charge in [0.1, 0.15) is 11.4 Å². The molecule has 0 aromatic heterocycles. The average Bonchev–Trinajstić information content (AvgIpc) is 2.73. The van der Waals surface area contributed by atoms with Crippen molar-refractivity contribution in [2.24, 2.45) is 5.41 Å². The third kappa shape index (κ3) is 4.82. The van der Waals surface area contributed by atoms with Crippen molar-refractivity contribution < 1.29 is 14.7 Å². The molecule has 0 aliphatic carbocycles. The van der Waals surface area contributed by atoms with E-state index >= 15 is 0 Å². The molecule has 3 rings (SSSR count). The number of ketones is 2. The van der Waals surface area contributed by atoms with E-state index < -0.39 is 5.60 Å². The van der Waals surface area contributed by atoms with Crippen LogP contribution in [0.1, 0.15) is 55.5 Å². The smallest absolute Gasteiger partial charge is 0.195 e. The van der Waals surface area contributed by atoms with Gasteiger partial charge in [0.25, 0.3) is 0 Å². The fourth-order valence-corrected chi connectivity index (χ4v) is 4.02. The summed E-state index contributed by atoms with van der Waals surface area (Å²) in [4.78, 5) is 27.8. The Bertz CT molecular complexity index is 841. The first kappa shape index (κ1) is 21.4. The molecule has 2 unspecified atom stereocenters. The number of hydrogen-bond acceptors (Lipinski definition) is 4. The Labute approximate surface area is 173 Å². The maximum absolute atomic E-state index is 13.3. The third-order valence-corrected chi connectivity index (χ3v) is 5.95. The van der Waals surface area contributed by atoms with E-state index in [1.54, 1.807) is 12.1 Å². The molecule has 0 amide bonds. The summed E-state index contributed by atoms with van der Waals surface area (Å²) in [5.41, 5.74) is -0.315. The van der Waals surface area contributed by atoms with Gasteiger partial charge in [0.15, 0.2) is 5.78 Å². The molecule has 1 N–H and O–H groups in total. The van der Waals surface area contributed by atoms with Crippen LogP contribution < -0.4 is 0 Å². The van der Waals surface area contributed by atoms with Gasteiger partial charge in [0.2, 0.25) is 0 Å². The molecule has 1 aliphatic heterocycles. The second kappa shape index (κ2) is 8.60. The van der Waals surface area contributed by atoms with Crippen molar-refractivity contribution in [2.75, 3.05) is 19.6 Å². The lowest BCUT2D eigenvalue weighted by atomic mass is 9.72. The number of likely N-dealkylation sites (tertiary alicyclic amines) is 1. The number of hydrogen-bond donors (Lipinski definition) is 1. The molecule has 1 saturated heterocycles. The van der Waals surface area contributed by atoms with Gasteiger partial charge in [-0.1, -0.05) is 81.4 Å². The lowest BCUT2D eigenvalue weighted by Crippen LogP contribution is -2.55. The predicted molar refractivity (Wildman–Crippen MR) is 115 cm³/mol. The van der Waals surface area contributed by atoms with E-state index in [-0.39, 0.29) is 22.9 Å². The standard InChI is InChI=1S/C25H31NO3/c1-24(2,3)22(27)14-16-26-17-15-25(29,23(28)20-12-8-5-9-13-20)21(18-26)19-10-6-4-7-11-19/h4-13,21,29H,14-18H2,1-3H3. The van der Waals surface area contributed by atoms with Crippen molar-refractivity contribution in [3.8, 4) is 0 Å². The Kier molecular flexibility index (Phi) is 6.35. The monoisotopic (exact) mass is 393 g/mol. The van der Waals surface area contributed by atoms with Gasteiger partial charge < -0.3 is 10.0 Å². The molecule has 0 bridgehead atoms. The SMILES string of the molecule is CC(C)(C)C(=O)CCN1CCC(O)(C(=O)c2ccccc2)C(c2ccccc2)C1. The van der Waals surface area contributed by atoms with E-state index in [0.717, 1.165) is 5.56 Å². The molecule has 1 aliphatic rings. The highest BCUT2D eigenvalue weighted by molar-refractivity contribution is 6.03. The molecule has 0 radical (unpaired) electrons. The summed E-state index contributed by atoms with van der Waals surface area (Å²) in [6, 6.07) is 18.8. The zero-order chi connectivity index (χ0) is 21.1. The minimum absolute atomic E-state index is 0.225. The van der Waals surface area contributed by atoms with Crippen LogP contribution in [-0.2, 0) is 4.79 Å². The molecule has 4 heteroatoms. The molecule has 29 heavy (non-hydrogen) atoms. The van der Waals surface area contributed by atoms with Gasteiger partial charge in [0, 0.05) is 43.0 Å². The van der Waals surface area contributed by atoms with Gasteiger partial charge in [0.05, 0.1) is 0 Å². The number of carbonyl (C=O) groups excluding carboxylic acids is 2. The largest absolute Gasteiger partial charge is 0.381 e. The van der Waals surface area contributed by atoms with Gasteiger partial charge in [-0.2, -0.15) is 0 Å². The molecule has 0 spiro atoms. The molecule has 1 heterocycles. The van der Waals surface area contributed by atoms with Crippen LogP contribution in [0, 0.1) is 5.41 Å². The molecular weight excluding hydrogens is 362 g/mol. The highest BCUT2D eigenvalue weighted by Crippen LogP contribution is 2.38. The summed E-state index contributed by atoms with van der Waals surface area (Å²) in [6.45, 7) is 7.61. The Morgan fingerprint density at radius 2 is 1.62 bits per heavy atom. The molecule has 2 aromatic rings. The molecular formula is C25H31NO3. The first-order chi connectivity index (χ1) is 13.7. The van der Waals surface area contributed by atoms with Crippen molar-refractivity contribution in [3.63, 3.8) is 0 Å². The second-order valence-electron chi connectivity index (χ2n) is 9.06. The topological polar surface area (TPSA) is 57.6 Å². The Morgan fingerprint density at radius 3 is 2.21 bits per heavy atom. The Hall–Kier alpha value is -2.30. The lowest BCUT2D eigenvalue weighted by molar-refractivity contribution is -0.126. The molecule has 154 valence electrons. The van der Waals surface area contributed by atoms with E-state index in [1.807, 2.05) is 69.3 Å². The number of benzene rings is 2. The summed E-state index contributed by atoms with van der Waals surface area (Å²) in [5.74, 6) is -0.331. The summed E-state index contributed by atoms with van der Waals surface area (Å²) < 4.78 is 0. The summed E-state index contributed by atoms with van der Waals surface area (Å²) in [6.07, 6.45) is 0.833. The van der Waals surface area contributed by atoms with E-state index in [0.29, 0.717) is 38.0 Å². The van der Waals surface area contributed by atoms with Crippen LogP contribution in [0.2, 0.25) is 0 Å². The van der Waals surface area contributed by atoms with E-state index in [9.17, 15) is 14.7 Å². The molecule has 4 nitrogen and oxygen atoms in total. The number of nitrogens with zero attached hydrogens (tertiary/aromatic N) is 1. The van der Waals surface area contributed by atoms with Crippen LogP contribution >= 0.6 is 0 Å². The molecule has 2 atom stereocenters. The minimum atomic E-state index is -1.45. The van der Waals surface area contributed by atoms with E-state index in [4.69, 9.17) is 0 Å². The van der Waals surface area contributed by atoms with Gasteiger partial charge in [-0.25, -0.2) is 0 Å². The Balaban J connectivity index is 1.83. The van der Waals surface area contributed by atoms with Crippen molar-refractivity contribution in [2.45, 2.75) is 45.1 Å². The van der Waals surface area contributed by atoms with Crippen LogP contribution in [-0.4, -0.2) is 46.8 Å². The predicted octanol–water partition coefficient (Wildman–Crippen LogP) is 4.10. The second-order valence-corrected chi connectivity index (χ2v) is 9.06. The first-order valence-corrected chi connectivity index (χ1v) is 10.3. The van der Waals surface area contributed by atoms with Gasteiger partial charge >= 0.3 is 0 Å².